The highest BCUT2D eigenvalue weighted by Gasteiger charge is 2.48. The van der Waals surface area contributed by atoms with E-state index >= 15 is 0 Å². The molecular weight excluding hydrogens is 394 g/mol. The summed E-state index contributed by atoms with van der Waals surface area (Å²) in [6, 6.07) is 26.7. The lowest BCUT2D eigenvalue weighted by Gasteiger charge is -2.46. The minimum Gasteiger partial charge on any atom is -0.497 e. The van der Waals surface area contributed by atoms with Crippen LogP contribution in [0.25, 0.3) is 5.57 Å². The number of rotatable bonds is 3. The summed E-state index contributed by atoms with van der Waals surface area (Å²) in [5.41, 5.74) is 4.65. The molecule has 0 saturated carbocycles. The van der Waals surface area contributed by atoms with Gasteiger partial charge in [0, 0.05) is 40.9 Å². The number of ether oxygens (including phenoxy) is 2. The molecule has 0 N–H and O–H groups in total. The molecular formula is C29H27NO2. The number of fused-ring (bicyclic) bond motifs is 1. The highest BCUT2D eigenvalue weighted by atomic mass is 16.5. The van der Waals surface area contributed by atoms with Crippen LogP contribution >= 0.6 is 0 Å². The molecule has 0 amide bonds. The fraction of sp³-hybridized carbons (Fsp3) is 0.241. The number of benzene rings is 3. The van der Waals surface area contributed by atoms with Crippen molar-refractivity contribution < 1.29 is 9.47 Å². The van der Waals surface area contributed by atoms with Crippen LogP contribution in [0.5, 0.6) is 11.5 Å². The maximum atomic E-state index is 6.92. The van der Waals surface area contributed by atoms with Gasteiger partial charge in [-0.2, -0.15) is 0 Å². The minimum atomic E-state index is -0.683. The van der Waals surface area contributed by atoms with Gasteiger partial charge in [-0.3, -0.25) is 4.90 Å². The van der Waals surface area contributed by atoms with Crippen LogP contribution in [0.4, 0.5) is 0 Å². The van der Waals surface area contributed by atoms with E-state index in [9.17, 15) is 0 Å². The van der Waals surface area contributed by atoms with Crippen molar-refractivity contribution in [3.05, 3.63) is 101 Å². The Hall–Kier alpha value is -3.48. The normalized spacial score (nSPS) is 20.2. The molecule has 5 rings (SSSR count). The highest BCUT2D eigenvalue weighted by molar-refractivity contribution is 5.87. The summed E-state index contributed by atoms with van der Waals surface area (Å²) < 4.78 is 12.3. The zero-order valence-electron chi connectivity index (χ0n) is 18.6. The van der Waals surface area contributed by atoms with Crippen LogP contribution in [-0.4, -0.2) is 25.1 Å². The SMILES string of the molecule is COc1ccc(C2(N3CCCC3)Oc3ccccc3C(C#Cc3ccccc3)=C2C)cc1. The Bertz CT molecular complexity index is 1200. The van der Waals surface area contributed by atoms with Crippen molar-refractivity contribution in [3.63, 3.8) is 0 Å². The molecule has 0 bridgehead atoms. The maximum Gasteiger partial charge on any atom is 0.213 e. The molecule has 0 spiro atoms. The summed E-state index contributed by atoms with van der Waals surface area (Å²) in [5.74, 6) is 8.61. The molecule has 3 heteroatoms. The molecule has 2 aliphatic rings. The molecule has 1 fully saturated rings. The first-order chi connectivity index (χ1) is 15.7. The molecule has 2 heterocycles. The molecule has 3 nitrogen and oxygen atoms in total. The second-order valence-corrected chi connectivity index (χ2v) is 8.28. The van der Waals surface area contributed by atoms with Crippen molar-refractivity contribution >= 4 is 5.57 Å². The van der Waals surface area contributed by atoms with Gasteiger partial charge in [0.2, 0.25) is 5.72 Å². The largest absolute Gasteiger partial charge is 0.497 e. The Morgan fingerprint density at radius 1 is 0.844 bits per heavy atom. The van der Waals surface area contributed by atoms with Gasteiger partial charge in [-0.1, -0.05) is 42.2 Å². The maximum absolute atomic E-state index is 6.92. The van der Waals surface area contributed by atoms with Crippen LogP contribution in [0.1, 0.15) is 36.5 Å². The van der Waals surface area contributed by atoms with Crippen LogP contribution in [0.3, 0.4) is 0 Å². The summed E-state index contributed by atoms with van der Waals surface area (Å²) in [4.78, 5) is 2.46. The zero-order chi connectivity index (χ0) is 22.0. The van der Waals surface area contributed by atoms with E-state index in [1.165, 1.54) is 12.8 Å². The number of nitrogens with zero attached hydrogens (tertiary/aromatic N) is 1. The van der Waals surface area contributed by atoms with E-state index in [0.717, 1.165) is 52.4 Å². The van der Waals surface area contributed by atoms with E-state index in [0.29, 0.717) is 0 Å². The van der Waals surface area contributed by atoms with Gasteiger partial charge in [-0.15, -0.1) is 0 Å². The lowest BCUT2D eigenvalue weighted by atomic mass is 9.84. The fourth-order valence-corrected chi connectivity index (χ4v) is 4.80. The topological polar surface area (TPSA) is 21.7 Å². The van der Waals surface area contributed by atoms with E-state index in [1.807, 2.05) is 48.5 Å². The second kappa shape index (κ2) is 8.57. The van der Waals surface area contributed by atoms with E-state index in [4.69, 9.17) is 9.47 Å². The van der Waals surface area contributed by atoms with Crippen LogP contribution in [0, 0.1) is 11.8 Å². The predicted molar refractivity (Wildman–Crippen MR) is 128 cm³/mol. The number of hydrogen-bond acceptors (Lipinski definition) is 3. The van der Waals surface area contributed by atoms with Gasteiger partial charge in [0.05, 0.1) is 7.11 Å². The quantitative estimate of drug-likeness (QED) is 0.494. The molecule has 1 unspecified atom stereocenters. The summed E-state index contributed by atoms with van der Waals surface area (Å²) in [6.07, 6.45) is 2.34. The van der Waals surface area contributed by atoms with Crippen LogP contribution in [0.2, 0.25) is 0 Å². The Balaban J connectivity index is 1.73. The van der Waals surface area contributed by atoms with Crippen molar-refractivity contribution in [1.29, 1.82) is 0 Å². The van der Waals surface area contributed by atoms with Crippen LogP contribution < -0.4 is 9.47 Å². The number of para-hydroxylation sites is 1. The van der Waals surface area contributed by atoms with Gasteiger partial charge in [-0.05, 0) is 68.3 Å². The third-order valence-electron chi connectivity index (χ3n) is 6.44. The van der Waals surface area contributed by atoms with Gasteiger partial charge in [0.15, 0.2) is 0 Å². The molecule has 1 saturated heterocycles. The number of methoxy groups -OCH3 is 1. The second-order valence-electron chi connectivity index (χ2n) is 8.28. The van der Waals surface area contributed by atoms with Crippen molar-refractivity contribution in [2.24, 2.45) is 0 Å². The predicted octanol–water partition coefficient (Wildman–Crippen LogP) is 5.86. The molecule has 32 heavy (non-hydrogen) atoms. The average Bonchev–Trinajstić information content (AvgIpc) is 3.39. The van der Waals surface area contributed by atoms with E-state index in [1.54, 1.807) is 7.11 Å². The van der Waals surface area contributed by atoms with Gasteiger partial charge in [0.25, 0.3) is 0 Å². The summed E-state index contributed by atoms with van der Waals surface area (Å²) in [5, 5.41) is 0. The van der Waals surface area contributed by atoms with Crippen LogP contribution in [-0.2, 0) is 5.72 Å². The summed E-state index contributed by atoms with van der Waals surface area (Å²) >= 11 is 0. The monoisotopic (exact) mass is 421 g/mol. The Labute approximate surface area is 190 Å². The lowest BCUT2D eigenvalue weighted by Crippen LogP contribution is -2.51. The lowest BCUT2D eigenvalue weighted by molar-refractivity contribution is -0.0494. The number of allylic oxidation sites excluding steroid dienone is 1. The fourth-order valence-electron chi connectivity index (χ4n) is 4.80. The molecule has 2 aliphatic heterocycles. The van der Waals surface area contributed by atoms with Crippen molar-refractivity contribution in [2.45, 2.75) is 25.5 Å². The molecule has 0 aliphatic carbocycles. The van der Waals surface area contributed by atoms with Gasteiger partial charge in [0.1, 0.15) is 11.5 Å². The highest BCUT2D eigenvalue weighted by Crippen LogP contribution is 2.48. The first kappa shape index (κ1) is 20.4. The molecule has 0 radical (unpaired) electrons. The molecule has 160 valence electrons. The standard InChI is InChI=1S/C29H27NO2/c1-22-26(19-14-23-10-4-3-5-11-23)27-12-6-7-13-28(27)32-29(22,30-20-8-9-21-30)24-15-17-25(31-2)18-16-24/h3-7,10-13,15-18H,8-9,20-21H2,1-2H3. The number of likely N-dealkylation sites (tertiary alicyclic amines) is 1. The first-order valence-corrected chi connectivity index (χ1v) is 11.2. The zero-order valence-corrected chi connectivity index (χ0v) is 18.6. The van der Waals surface area contributed by atoms with Crippen LogP contribution in [0.15, 0.2) is 84.4 Å². The van der Waals surface area contributed by atoms with E-state index in [-0.39, 0.29) is 0 Å². The smallest absolute Gasteiger partial charge is 0.213 e. The first-order valence-electron chi connectivity index (χ1n) is 11.2. The van der Waals surface area contributed by atoms with E-state index < -0.39 is 5.72 Å². The average molecular weight is 422 g/mol. The van der Waals surface area contributed by atoms with Gasteiger partial charge < -0.3 is 9.47 Å². The third kappa shape index (κ3) is 3.47. The Kier molecular flexibility index (Phi) is 5.47. The Morgan fingerprint density at radius 3 is 2.25 bits per heavy atom. The number of hydrogen-bond donors (Lipinski definition) is 0. The molecule has 3 aromatic carbocycles. The van der Waals surface area contributed by atoms with Crippen molar-refractivity contribution in [3.8, 4) is 23.3 Å². The summed E-state index contributed by atoms with van der Waals surface area (Å²) in [7, 11) is 1.70. The van der Waals surface area contributed by atoms with Gasteiger partial charge in [-0.25, -0.2) is 0 Å². The van der Waals surface area contributed by atoms with Crippen molar-refractivity contribution in [1.82, 2.24) is 4.90 Å². The van der Waals surface area contributed by atoms with Gasteiger partial charge >= 0.3 is 0 Å². The minimum absolute atomic E-state index is 0.683. The molecule has 3 aromatic rings. The third-order valence-corrected chi connectivity index (χ3v) is 6.44. The summed E-state index contributed by atoms with van der Waals surface area (Å²) in [6.45, 7) is 4.16. The molecule has 0 aromatic heterocycles. The Morgan fingerprint density at radius 2 is 1.53 bits per heavy atom. The van der Waals surface area contributed by atoms with E-state index in [2.05, 4.69) is 54.0 Å². The molecule has 1 atom stereocenters. The van der Waals surface area contributed by atoms with Crippen molar-refractivity contribution in [2.75, 3.05) is 20.2 Å².